The maximum atomic E-state index is 11.9. The van der Waals surface area contributed by atoms with Gasteiger partial charge >= 0.3 is 0 Å². The van der Waals surface area contributed by atoms with Gasteiger partial charge in [-0.1, -0.05) is 12.8 Å². The van der Waals surface area contributed by atoms with E-state index >= 15 is 0 Å². The fraction of sp³-hybridized carbons (Fsp3) is 1.00. The molecule has 0 radical (unpaired) electrons. The second-order valence-corrected chi connectivity index (χ2v) is 5.19. The van der Waals surface area contributed by atoms with Crippen molar-refractivity contribution in [3.8, 4) is 0 Å². The highest BCUT2D eigenvalue weighted by molar-refractivity contribution is 4.64. The highest BCUT2D eigenvalue weighted by Gasteiger charge is 2.31. The van der Waals surface area contributed by atoms with Crippen LogP contribution in [0.25, 0.3) is 0 Å². The number of azo groups is 1. The number of hydrogen-bond acceptors (Lipinski definition) is 2. The molecule has 0 aromatic rings. The minimum atomic E-state index is -0.0480. The van der Waals surface area contributed by atoms with E-state index in [0.717, 1.165) is 61.1 Å². The molecular weight excluding hydrogens is 204 g/mol. The molecule has 0 spiro atoms. The van der Waals surface area contributed by atoms with Gasteiger partial charge in [0, 0.05) is 35.4 Å². The number of hydroxylamine groups is 2. The van der Waals surface area contributed by atoms with E-state index < -0.39 is 0 Å². The molecule has 0 aromatic heterocycles. The Morgan fingerprint density at radius 2 is 0.875 bits per heavy atom. The summed E-state index contributed by atoms with van der Waals surface area (Å²) in [6.45, 7) is 0. The zero-order valence-corrected chi connectivity index (χ0v) is 9.94. The molecule has 4 heteroatoms. The molecule has 0 saturated heterocycles. The SMILES string of the molecule is [O-]/[N+](C1CCCCC1)=[N+](/[O-])C1CCCCC1. The van der Waals surface area contributed by atoms with Crippen molar-refractivity contribution in [2.24, 2.45) is 0 Å². The third-order valence-electron chi connectivity index (χ3n) is 3.97. The van der Waals surface area contributed by atoms with E-state index in [4.69, 9.17) is 0 Å². The Kier molecular flexibility index (Phi) is 4.02. The maximum Gasteiger partial charge on any atom is 0.229 e. The van der Waals surface area contributed by atoms with Gasteiger partial charge in [0.1, 0.15) is 0 Å². The van der Waals surface area contributed by atoms with Crippen LogP contribution in [0.1, 0.15) is 64.2 Å². The first-order valence-electron chi connectivity index (χ1n) is 6.71. The molecular formula is C12H22N2O2. The van der Waals surface area contributed by atoms with Crippen LogP contribution in [-0.4, -0.2) is 21.8 Å². The smallest absolute Gasteiger partial charge is 0.229 e. The van der Waals surface area contributed by atoms with E-state index in [0.29, 0.717) is 0 Å². The Bertz CT molecular complexity index is 228. The lowest BCUT2D eigenvalue weighted by molar-refractivity contribution is -0.998. The zero-order valence-electron chi connectivity index (χ0n) is 9.94. The molecule has 2 aliphatic rings. The third kappa shape index (κ3) is 2.66. The van der Waals surface area contributed by atoms with Crippen LogP contribution < -0.4 is 0 Å². The molecule has 0 N–H and O–H groups in total. The standard InChI is InChI=1S/C12H22N2O2/c15-13(11-7-3-1-4-8-11)14(16)12-9-5-2-6-10-12/h11-12H,1-10H2/b14-13+. The van der Waals surface area contributed by atoms with Gasteiger partial charge in [-0.25, -0.2) is 0 Å². The minimum absolute atomic E-state index is 0.0480. The molecule has 0 bridgehead atoms. The molecule has 2 saturated carbocycles. The number of rotatable bonds is 2. The lowest BCUT2D eigenvalue weighted by atomic mass is 9.95. The van der Waals surface area contributed by atoms with Crippen LogP contribution in [-0.2, 0) is 0 Å². The van der Waals surface area contributed by atoms with E-state index in [2.05, 4.69) is 0 Å². The second kappa shape index (κ2) is 5.51. The van der Waals surface area contributed by atoms with Gasteiger partial charge in [0.25, 0.3) is 0 Å². The molecule has 0 heterocycles. The van der Waals surface area contributed by atoms with Gasteiger partial charge in [-0.3, -0.25) is 0 Å². The molecule has 0 aromatic carbocycles. The van der Waals surface area contributed by atoms with Crippen molar-refractivity contribution < 1.29 is 9.72 Å². The lowest BCUT2D eigenvalue weighted by Gasteiger charge is -2.22. The summed E-state index contributed by atoms with van der Waals surface area (Å²) in [4.78, 5) is 1.49. The van der Waals surface area contributed by atoms with Crippen molar-refractivity contribution in [1.29, 1.82) is 0 Å². The van der Waals surface area contributed by atoms with Crippen LogP contribution in [0.4, 0.5) is 0 Å². The predicted molar refractivity (Wildman–Crippen MR) is 61.0 cm³/mol. The molecule has 16 heavy (non-hydrogen) atoms. The van der Waals surface area contributed by atoms with E-state index in [1.54, 1.807) is 0 Å². The molecule has 2 aliphatic carbocycles. The van der Waals surface area contributed by atoms with E-state index in [1.807, 2.05) is 0 Å². The summed E-state index contributed by atoms with van der Waals surface area (Å²) in [5, 5.41) is 23.9. The molecule has 2 rings (SSSR count). The largest absolute Gasteiger partial charge is 0.567 e. The summed E-state index contributed by atoms with van der Waals surface area (Å²) >= 11 is 0. The summed E-state index contributed by atoms with van der Waals surface area (Å²) in [5.74, 6) is 0. The topological polar surface area (TPSA) is 52.1 Å². The quantitative estimate of drug-likeness (QED) is 0.412. The van der Waals surface area contributed by atoms with Crippen molar-refractivity contribution >= 4 is 0 Å². The first kappa shape index (κ1) is 11.7. The summed E-state index contributed by atoms with van der Waals surface area (Å²) in [5.41, 5.74) is 0. The Hall–Kier alpha value is -0.800. The Morgan fingerprint density at radius 1 is 0.562 bits per heavy atom. The van der Waals surface area contributed by atoms with Crippen molar-refractivity contribution in [3.05, 3.63) is 10.4 Å². The van der Waals surface area contributed by atoms with Crippen LogP contribution in [0.15, 0.2) is 0 Å². The molecule has 0 aliphatic heterocycles. The Balaban J connectivity index is 1.99. The average Bonchev–Trinajstić information content (AvgIpc) is 2.39. The molecule has 92 valence electrons. The minimum Gasteiger partial charge on any atom is -0.567 e. The van der Waals surface area contributed by atoms with Crippen molar-refractivity contribution in [2.75, 3.05) is 0 Å². The van der Waals surface area contributed by atoms with Gasteiger partial charge in [-0.05, 0) is 25.7 Å². The predicted octanol–water partition coefficient (Wildman–Crippen LogP) is 3.12. The van der Waals surface area contributed by atoms with Crippen LogP contribution in [0.3, 0.4) is 0 Å². The zero-order chi connectivity index (χ0) is 11.4. The molecule has 0 unspecified atom stereocenters. The van der Waals surface area contributed by atoms with Gasteiger partial charge in [-0.15, -0.1) is 0 Å². The molecule has 0 atom stereocenters. The van der Waals surface area contributed by atoms with Gasteiger partial charge in [-0.2, -0.15) is 0 Å². The molecule has 4 nitrogen and oxygen atoms in total. The number of nitrogens with zero attached hydrogens (tertiary/aromatic N) is 2. The Labute approximate surface area is 97.1 Å². The van der Waals surface area contributed by atoms with E-state index in [1.165, 1.54) is 12.8 Å². The highest BCUT2D eigenvalue weighted by atomic mass is 16.6. The van der Waals surface area contributed by atoms with Crippen molar-refractivity contribution in [2.45, 2.75) is 76.3 Å². The molecule has 0 amide bonds. The van der Waals surface area contributed by atoms with Crippen LogP contribution in [0.5, 0.6) is 0 Å². The summed E-state index contributed by atoms with van der Waals surface area (Å²) in [6, 6.07) is -0.0960. The normalized spacial score (nSPS) is 26.5. The second-order valence-electron chi connectivity index (χ2n) is 5.19. The lowest BCUT2D eigenvalue weighted by Crippen LogP contribution is -2.36. The summed E-state index contributed by atoms with van der Waals surface area (Å²) < 4.78 is 0. The van der Waals surface area contributed by atoms with Gasteiger partial charge < -0.3 is 10.4 Å². The van der Waals surface area contributed by atoms with Crippen molar-refractivity contribution in [3.63, 3.8) is 0 Å². The highest BCUT2D eigenvalue weighted by Crippen LogP contribution is 2.23. The Morgan fingerprint density at radius 3 is 1.19 bits per heavy atom. The van der Waals surface area contributed by atoms with Crippen molar-refractivity contribution in [1.82, 2.24) is 0 Å². The monoisotopic (exact) mass is 226 g/mol. The van der Waals surface area contributed by atoms with Crippen LogP contribution in [0.2, 0.25) is 0 Å². The number of hydrogen-bond donors (Lipinski definition) is 0. The summed E-state index contributed by atoms with van der Waals surface area (Å²) in [7, 11) is 0. The van der Waals surface area contributed by atoms with E-state index in [-0.39, 0.29) is 12.1 Å². The maximum absolute atomic E-state index is 11.9. The summed E-state index contributed by atoms with van der Waals surface area (Å²) in [6.07, 6.45) is 10.4. The third-order valence-corrected chi connectivity index (χ3v) is 3.97. The van der Waals surface area contributed by atoms with Gasteiger partial charge in [0.15, 0.2) is 0 Å². The average molecular weight is 226 g/mol. The molecule has 2 fully saturated rings. The van der Waals surface area contributed by atoms with Gasteiger partial charge in [0.2, 0.25) is 12.1 Å². The first-order chi connectivity index (χ1) is 7.79. The fourth-order valence-corrected chi connectivity index (χ4v) is 2.93. The van der Waals surface area contributed by atoms with Crippen LogP contribution in [0, 0.1) is 10.4 Å². The first-order valence-corrected chi connectivity index (χ1v) is 6.71. The fourth-order valence-electron chi connectivity index (χ4n) is 2.93. The van der Waals surface area contributed by atoms with Crippen LogP contribution >= 0.6 is 0 Å². The van der Waals surface area contributed by atoms with E-state index in [9.17, 15) is 10.4 Å². The van der Waals surface area contributed by atoms with Gasteiger partial charge in [0.05, 0.1) is 0 Å².